The van der Waals surface area contributed by atoms with Gasteiger partial charge in [0.05, 0.1) is 11.3 Å². The van der Waals surface area contributed by atoms with Crippen LogP contribution < -0.4 is 0 Å². The minimum Gasteiger partial charge on any atom is -0.297 e. The third-order valence-corrected chi connectivity index (χ3v) is 3.94. The van der Waals surface area contributed by atoms with Crippen molar-refractivity contribution in [1.29, 1.82) is 0 Å². The van der Waals surface area contributed by atoms with Crippen LogP contribution in [0.3, 0.4) is 0 Å². The summed E-state index contributed by atoms with van der Waals surface area (Å²) in [5.41, 5.74) is 0.0369. The van der Waals surface area contributed by atoms with Gasteiger partial charge in [-0.05, 0) is 44.0 Å². The molecule has 20 heavy (non-hydrogen) atoms. The van der Waals surface area contributed by atoms with Crippen molar-refractivity contribution in [2.45, 2.75) is 45.3 Å². The van der Waals surface area contributed by atoms with Crippen LogP contribution in [0.2, 0.25) is 0 Å². The van der Waals surface area contributed by atoms with Crippen molar-refractivity contribution in [3.05, 3.63) is 29.6 Å². The first-order chi connectivity index (χ1) is 9.49. The summed E-state index contributed by atoms with van der Waals surface area (Å²) in [6.07, 6.45) is 1.52. The third kappa shape index (κ3) is 4.20. The number of hydrogen-bond donors (Lipinski definition) is 0. The van der Waals surface area contributed by atoms with Crippen LogP contribution in [0.1, 0.15) is 43.9 Å². The highest BCUT2D eigenvalue weighted by Crippen LogP contribution is 2.28. The summed E-state index contributed by atoms with van der Waals surface area (Å²) >= 11 is 0. The van der Waals surface area contributed by atoms with E-state index in [1.807, 2.05) is 0 Å². The van der Waals surface area contributed by atoms with Crippen LogP contribution in [0.15, 0.2) is 18.3 Å². The van der Waals surface area contributed by atoms with Gasteiger partial charge in [-0.1, -0.05) is 19.8 Å². The summed E-state index contributed by atoms with van der Waals surface area (Å²) in [6.45, 7) is 4.90. The lowest BCUT2D eigenvalue weighted by Crippen LogP contribution is -2.33. The third-order valence-electron chi connectivity index (χ3n) is 3.94. The lowest BCUT2D eigenvalue weighted by atomic mass is 9.92. The molecule has 1 aromatic heterocycles. The molecule has 0 bridgehead atoms. The van der Waals surface area contributed by atoms with E-state index >= 15 is 0 Å². The zero-order valence-corrected chi connectivity index (χ0v) is 11.8. The fraction of sp³-hybridized carbons (Fsp3) is 0.667. The molecule has 0 atom stereocenters. The number of pyridine rings is 1. The standard InChI is InChI=1S/C15H21F3N2/c1-2-3-12-6-8-20(9-7-12)11-14-5-4-13(10-19-14)15(16,17)18/h4-5,10,12H,2-3,6-9,11H2,1H3. The summed E-state index contributed by atoms with van der Waals surface area (Å²) in [5.74, 6) is 0.816. The van der Waals surface area contributed by atoms with Crippen molar-refractivity contribution in [2.75, 3.05) is 13.1 Å². The van der Waals surface area contributed by atoms with E-state index in [0.29, 0.717) is 12.2 Å². The van der Waals surface area contributed by atoms with Crippen molar-refractivity contribution in [1.82, 2.24) is 9.88 Å². The summed E-state index contributed by atoms with van der Waals surface area (Å²) < 4.78 is 37.3. The van der Waals surface area contributed by atoms with E-state index in [1.54, 1.807) is 0 Å². The molecule has 0 N–H and O–H groups in total. The van der Waals surface area contributed by atoms with E-state index in [4.69, 9.17) is 0 Å². The molecule has 2 nitrogen and oxygen atoms in total. The predicted octanol–water partition coefficient (Wildman–Crippen LogP) is 4.11. The van der Waals surface area contributed by atoms with Gasteiger partial charge in [-0.2, -0.15) is 13.2 Å². The second kappa shape index (κ2) is 6.57. The number of likely N-dealkylation sites (tertiary alicyclic amines) is 1. The SMILES string of the molecule is CCCC1CCN(Cc2ccc(C(F)(F)F)cn2)CC1. The Bertz CT molecular complexity index is 406. The fourth-order valence-corrected chi connectivity index (χ4v) is 2.76. The minimum atomic E-state index is -4.30. The minimum absolute atomic E-state index is 0.650. The molecule has 2 heterocycles. The molecule has 1 aliphatic heterocycles. The van der Waals surface area contributed by atoms with E-state index in [-0.39, 0.29) is 0 Å². The van der Waals surface area contributed by atoms with Crippen LogP contribution >= 0.6 is 0 Å². The number of alkyl halides is 3. The number of piperidine rings is 1. The lowest BCUT2D eigenvalue weighted by molar-refractivity contribution is -0.137. The summed E-state index contributed by atoms with van der Waals surface area (Å²) in [6, 6.07) is 2.60. The Morgan fingerprint density at radius 3 is 2.45 bits per heavy atom. The van der Waals surface area contributed by atoms with E-state index in [2.05, 4.69) is 16.8 Å². The second-order valence-corrected chi connectivity index (χ2v) is 5.54. The Kier molecular flexibility index (Phi) is 5.02. The maximum atomic E-state index is 12.4. The maximum Gasteiger partial charge on any atom is 0.417 e. The largest absolute Gasteiger partial charge is 0.417 e. The van der Waals surface area contributed by atoms with Crippen LogP contribution in [0.5, 0.6) is 0 Å². The molecular formula is C15H21F3N2. The molecule has 0 amide bonds. The van der Waals surface area contributed by atoms with Crippen LogP contribution in [-0.2, 0) is 12.7 Å². The number of nitrogens with zero attached hydrogens (tertiary/aromatic N) is 2. The van der Waals surface area contributed by atoms with Gasteiger partial charge in [0, 0.05) is 12.7 Å². The molecule has 0 aliphatic carbocycles. The summed E-state index contributed by atoms with van der Waals surface area (Å²) in [7, 11) is 0. The highest BCUT2D eigenvalue weighted by atomic mass is 19.4. The Balaban J connectivity index is 1.85. The summed E-state index contributed by atoms with van der Waals surface area (Å²) in [4.78, 5) is 6.21. The van der Waals surface area contributed by atoms with Gasteiger partial charge in [-0.15, -0.1) is 0 Å². The number of rotatable bonds is 4. The number of hydrogen-bond acceptors (Lipinski definition) is 2. The van der Waals surface area contributed by atoms with E-state index in [1.165, 1.54) is 31.7 Å². The van der Waals surface area contributed by atoms with Crippen molar-refractivity contribution in [2.24, 2.45) is 5.92 Å². The summed E-state index contributed by atoms with van der Waals surface area (Å²) in [5, 5.41) is 0. The van der Waals surface area contributed by atoms with Crippen LogP contribution in [0.25, 0.3) is 0 Å². The second-order valence-electron chi connectivity index (χ2n) is 5.54. The average molecular weight is 286 g/mol. The first-order valence-corrected chi connectivity index (χ1v) is 7.23. The van der Waals surface area contributed by atoms with Gasteiger partial charge < -0.3 is 0 Å². The molecule has 0 radical (unpaired) electrons. The predicted molar refractivity (Wildman–Crippen MR) is 72.1 cm³/mol. The van der Waals surface area contributed by atoms with Gasteiger partial charge >= 0.3 is 6.18 Å². The quantitative estimate of drug-likeness (QED) is 0.828. The van der Waals surface area contributed by atoms with E-state index in [9.17, 15) is 13.2 Å². The molecule has 1 fully saturated rings. The fourth-order valence-electron chi connectivity index (χ4n) is 2.76. The molecule has 2 rings (SSSR count). The maximum absolute atomic E-state index is 12.4. The highest BCUT2D eigenvalue weighted by Gasteiger charge is 2.30. The van der Waals surface area contributed by atoms with E-state index in [0.717, 1.165) is 31.3 Å². The molecule has 1 aliphatic rings. The molecule has 0 unspecified atom stereocenters. The van der Waals surface area contributed by atoms with Gasteiger partial charge in [0.25, 0.3) is 0 Å². The normalized spacial score (nSPS) is 18.4. The van der Waals surface area contributed by atoms with Crippen LogP contribution in [0.4, 0.5) is 13.2 Å². The van der Waals surface area contributed by atoms with Gasteiger partial charge in [-0.25, -0.2) is 0 Å². The molecule has 1 saturated heterocycles. The molecule has 112 valence electrons. The van der Waals surface area contributed by atoms with Gasteiger partial charge in [-0.3, -0.25) is 9.88 Å². The molecule has 0 aromatic carbocycles. The first kappa shape index (κ1) is 15.3. The molecule has 0 spiro atoms. The Morgan fingerprint density at radius 1 is 1.25 bits per heavy atom. The average Bonchev–Trinajstić information content (AvgIpc) is 2.41. The van der Waals surface area contributed by atoms with Crippen molar-refractivity contribution < 1.29 is 13.2 Å². The smallest absolute Gasteiger partial charge is 0.297 e. The highest BCUT2D eigenvalue weighted by molar-refractivity contribution is 5.16. The van der Waals surface area contributed by atoms with Crippen LogP contribution in [-0.4, -0.2) is 23.0 Å². The molecule has 1 aromatic rings. The van der Waals surface area contributed by atoms with Gasteiger partial charge in [0.15, 0.2) is 0 Å². The van der Waals surface area contributed by atoms with Crippen molar-refractivity contribution in [3.63, 3.8) is 0 Å². The number of halogens is 3. The Labute approximate surface area is 118 Å². The van der Waals surface area contributed by atoms with Gasteiger partial charge in [0.1, 0.15) is 0 Å². The first-order valence-electron chi connectivity index (χ1n) is 7.23. The van der Waals surface area contributed by atoms with Crippen molar-refractivity contribution >= 4 is 0 Å². The molecule has 0 saturated carbocycles. The zero-order valence-electron chi connectivity index (χ0n) is 11.8. The monoisotopic (exact) mass is 286 g/mol. The zero-order chi connectivity index (χ0) is 14.6. The van der Waals surface area contributed by atoms with E-state index < -0.39 is 11.7 Å². The lowest BCUT2D eigenvalue weighted by Gasteiger charge is -2.31. The van der Waals surface area contributed by atoms with Crippen molar-refractivity contribution in [3.8, 4) is 0 Å². The molecule has 5 heteroatoms. The van der Waals surface area contributed by atoms with Crippen LogP contribution in [0, 0.1) is 5.92 Å². The van der Waals surface area contributed by atoms with Gasteiger partial charge in [0.2, 0.25) is 0 Å². The molecular weight excluding hydrogens is 265 g/mol. The number of aromatic nitrogens is 1. The Hall–Kier alpha value is -1.10. The Morgan fingerprint density at radius 2 is 1.95 bits per heavy atom. The topological polar surface area (TPSA) is 16.1 Å².